The number of aromatic carboxylic acids is 2. The fraction of sp³-hybridized carbons (Fsp3) is 0.176. The summed E-state index contributed by atoms with van der Waals surface area (Å²) in [7, 11) is -0.644. The van der Waals surface area contributed by atoms with Crippen molar-refractivity contribution < 1.29 is 37.7 Å². The van der Waals surface area contributed by atoms with Crippen LogP contribution in [0.15, 0.2) is 36.4 Å². The molecular weight excluding hydrogens is 392 g/mol. The smallest absolute Gasteiger partial charge is 0.337 e. The van der Waals surface area contributed by atoms with Crippen molar-refractivity contribution in [1.82, 2.24) is 0 Å². The van der Waals surface area contributed by atoms with Gasteiger partial charge in [0, 0.05) is 5.69 Å². The molecule has 0 heterocycles. The molecule has 2 aromatic rings. The van der Waals surface area contributed by atoms with Crippen LogP contribution in [-0.4, -0.2) is 51.0 Å². The highest BCUT2D eigenvalue weighted by Crippen LogP contribution is 2.22. The Morgan fingerprint density at radius 3 is 1.82 bits per heavy atom. The number of carbonyl (C=O) groups is 2. The van der Waals surface area contributed by atoms with Crippen LogP contribution in [0.2, 0.25) is 0 Å². The van der Waals surface area contributed by atoms with Gasteiger partial charge in [-0.25, -0.2) is 18.0 Å². The molecule has 152 valence electrons. The second-order valence-corrected chi connectivity index (χ2v) is 7.10. The van der Waals surface area contributed by atoms with E-state index in [4.69, 9.17) is 25.4 Å². The van der Waals surface area contributed by atoms with E-state index < -0.39 is 22.0 Å². The van der Waals surface area contributed by atoms with Crippen molar-refractivity contribution in [3.05, 3.63) is 47.5 Å². The average Bonchev–Trinajstić information content (AvgIpc) is 2.61. The molecule has 0 saturated carbocycles. The zero-order valence-electron chi connectivity index (χ0n) is 15.3. The van der Waals surface area contributed by atoms with Gasteiger partial charge in [0.15, 0.2) is 0 Å². The van der Waals surface area contributed by atoms with Crippen LogP contribution in [0, 0.1) is 0 Å². The van der Waals surface area contributed by atoms with Gasteiger partial charge in [0.25, 0.3) is 0 Å². The maximum Gasteiger partial charge on any atom is 0.337 e. The highest BCUT2D eigenvalue weighted by molar-refractivity contribution is 7.92. The van der Waals surface area contributed by atoms with Gasteiger partial charge in [-0.2, -0.15) is 0 Å². The molecule has 0 aliphatic heterocycles. The minimum absolute atomic E-state index is 0.0100. The molecule has 0 spiro atoms. The van der Waals surface area contributed by atoms with E-state index >= 15 is 0 Å². The third kappa shape index (κ3) is 6.68. The summed E-state index contributed by atoms with van der Waals surface area (Å²) in [5, 5.41) is 17.5. The van der Waals surface area contributed by atoms with E-state index in [-0.39, 0.29) is 22.5 Å². The Hall–Kier alpha value is -3.47. The van der Waals surface area contributed by atoms with E-state index in [0.717, 1.165) is 6.26 Å². The first-order valence-corrected chi connectivity index (χ1v) is 9.43. The molecule has 0 aliphatic rings. The Morgan fingerprint density at radius 1 is 0.929 bits per heavy atom. The van der Waals surface area contributed by atoms with Crippen molar-refractivity contribution in [3.63, 3.8) is 0 Å². The first kappa shape index (κ1) is 22.6. The van der Waals surface area contributed by atoms with Crippen molar-refractivity contribution in [2.75, 3.05) is 30.9 Å². The maximum atomic E-state index is 11.0. The fourth-order valence-corrected chi connectivity index (χ4v) is 2.54. The van der Waals surface area contributed by atoms with Crippen LogP contribution in [0.25, 0.3) is 0 Å². The van der Waals surface area contributed by atoms with Crippen molar-refractivity contribution in [1.29, 1.82) is 0 Å². The van der Waals surface area contributed by atoms with Crippen LogP contribution in [0.5, 0.6) is 11.5 Å². The van der Waals surface area contributed by atoms with Gasteiger partial charge in [-0.3, -0.25) is 4.72 Å². The molecule has 2 aromatic carbocycles. The van der Waals surface area contributed by atoms with Crippen molar-refractivity contribution >= 4 is 33.3 Å². The molecule has 0 bridgehead atoms. The maximum absolute atomic E-state index is 11.0. The molecule has 0 amide bonds. The Kier molecular flexibility index (Phi) is 7.63. The van der Waals surface area contributed by atoms with Gasteiger partial charge < -0.3 is 25.4 Å². The van der Waals surface area contributed by atoms with E-state index in [0.29, 0.717) is 11.5 Å². The molecule has 0 aliphatic carbocycles. The van der Waals surface area contributed by atoms with Gasteiger partial charge >= 0.3 is 11.9 Å². The summed E-state index contributed by atoms with van der Waals surface area (Å²) < 4.78 is 33.8. The highest BCUT2D eigenvalue weighted by Gasteiger charge is 2.14. The van der Waals surface area contributed by atoms with Crippen LogP contribution >= 0.6 is 0 Å². The second-order valence-electron chi connectivity index (χ2n) is 5.35. The van der Waals surface area contributed by atoms with E-state index in [1.54, 1.807) is 6.07 Å². The van der Waals surface area contributed by atoms with E-state index in [9.17, 15) is 18.0 Å². The van der Waals surface area contributed by atoms with Crippen LogP contribution in [0.3, 0.4) is 0 Å². The highest BCUT2D eigenvalue weighted by atomic mass is 32.2. The van der Waals surface area contributed by atoms with Crippen molar-refractivity contribution in [2.45, 2.75) is 0 Å². The molecule has 0 unspecified atom stereocenters. The Morgan fingerprint density at radius 2 is 1.39 bits per heavy atom. The molecule has 10 nitrogen and oxygen atoms in total. The topological polar surface area (TPSA) is 165 Å². The molecule has 28 heavy (non-hydrogen) atoms. The number of methoxy groups -OCH3 is 2. The molecule has 0 radical (unpaired) electrons. The predicted molar refractivity (Wildman–Crippen MR) is 103 cm³/mol. The number of hydrogen-bond donors (Lipinski definition) is 4. The lowest BCUT2D eigenvalue weighted by molar-refractivity contribution is 0.0687. The van der Waals surface area contributed by atoms with E-state index in [2.05, 4.69) is 4.72 Å². The third-order valence-electron chi connectivity index (χ3n) is 3.24. The lowest BCUT2D eigenvalue weighted by Gasteiger charge is -2.09. The molecule has 11 heteroatoms. The van der Waals surface area contributed by atoms with Gasteiger partial charge in [0.05, 0.1) is 37.3 Å². The number of rotatable bonds is 6. The standard InChI is InChI=1S/C9H11NO5S.C8H9NO3/c1-15-6-3-4-8(10-16(2,13)14)7(5-6)9(11)12;1-12-5-2-3-7(9)6(4-5)8(10)11/h3-5,10H,1-2H3,(H,11,12);2-4H,9H2,1H3,(H,10,11). The molecule has 0 saturated heterocycles. The summed E-state index contributed by atoms with van der Waals surface area (Å²) in [4.78, 5) is 21.4. The van der Waals surface area contributed by atoms with Crippen LogP contribution < -0.4 is 19.9 Å². The first-order valence-electron chi connectivity index (χ1n) is 7.54. The SMILES string of the molecule is COc1ccc(N)c(C(=O)O)c1.COc1ccc(NS(C)(=O)=O)c(C(=O)O)c1. The molecular formula is C17H20N2O8S. The first-order chi connectivity index (χ1) is 13.0. The zero-order chi connectivity index (χ0) is 21.5. The number of nitrogen functional groups attached to an aromatic ring is 1. The molecule has 0 fully saturated rings. The zero-order valence-corrected chi connectivity index (χ0v) is 16.1. The lowest BCUT2D eigenvalue weighted by atomic mass is 10.2. The molecule has 2 rings (SSSR count). The second kappa shape index (κ2) is 9.46. The number of benzene rings is 2. The lowest BCUT2D eigenvalue weighted by Crippen LogP contribution is -2.13. The number of ether oxygens (including phenoxy) is 2. The van der Waals surface area contributed by atoms with Gasteiger partial charge in [-0.15, -0.1) is 0 Å². The third-order valence-corrected chi connectivity index (χ3v) is 3.83. The number of nitrogens with two attached hydrogens (primary N) is 1. The molecule has 0 aromatic heterocycles. The van der Waals surface area contributed by atoms with Crippen LogP contribution in [0.4, 0.5) is 11.4 Å². The minimum atomic E-state index is -3.51. The van der Waals surface area contributed by atoms with E-state index in [1.165, 1.54) is 44.6 Å². The average molecular weight is 412 g/mol. The summed E-state index contributed by atoms with van der Waals surface area (Å²) in [5.74, 6) is -1.45. The number of nitrogens with one attached hydrogen (secondary N) is 1. The predicted octanol–water partition coefficient (Wildman–Crippen LogP) is 1.74. The van der Waals surface area contributed by atoms with Crippen LogP contribution in [-0.2, 0) is 10.0 Å². The summed E-state index contributed by atoms with van der Waals surface area (Å²) in [5.41, 5.74) is 5.56. The number of sulfonamides is 1. The summed E-state index contributed by atoms with van der Waals surface area (Å²) in [6, 6.07) is 8.56. The van der Waals surface area contributed by atoms with Gasteiger partial charge in [-0.1, -0.05) is 0 Å². The van der Waals surface area contributed by atoms with Crippen molar-refractivity contribution in [3.8, 4) is 11.5 Å². The van der Waals surface area contributed by atoms with E-state index in [1.807, 2.05) is 0 Å². The monoisotopic (exact) mass is 412 g/mol. The Labute approximate surface area is 161 Å². The Balaban J connectivity index is 0.000000292. The summed E-state index contributed by atoms with van der Waals surface area (Å²) in [6.45, 7) is 0. The normalized spacial score (nSPS) is 10.2. The number of hydrogen-bond acceptors (Lipinski definition) is 7. The summed E-state index contributed by atoms with van der Waals surface area (Å²) >= 11 is 0. The fourth-order valence-electron chi connectivity index (χ4n) is 1.96. The van der Waals surface area contributed by atoms with Gasteiger partial charge in [-0.05, 0) is 36.4 Å². The number of carboxylic acid groups (broad SMARTS) is 2. The molecule has 5 N–H and O–H groups in total. The summed E-state index contributed by atoms with van der Waals surface area (Å²) in [6.07, 6.45) is 0.947. The van der Waals surface area contributed by atoms with Crippen molar-refractivity contribution in [2.24, 2.45) is 0 Å². The molecule has 0 atom stereocenters. The minimum Gasteiger partial charge on any atom is -0.497 e. The van der Waals surface area contributed by atoms with Gasteiger partial charge in [0.2, 0.25) is 10.0 Å². The van der Waals surface area contributed by atoms with Gasteiger partial charge in [0.1, 0.15) is 11.5 Å². The number of anilines is 2. The number of carboxylic acids is 2. The quantitative estimate of drug-likeness (QED) is 0.517. The largest absolute Gasteiger partial charge is 0.497 e. The van der Waals surface area contributed by atoms with Crippen LogP contribution in [0.1, 0.15) is 20.7 Å². The Bertz CT molecular complexity index is 973.